The van der Waals surface area contributed by atoms with Crippen LogP contribution >= 0.6 is 0 Å². The predicted octanol–water partition coefficient (Wildman–Crippen LogP) is 2.58. The van der Waals surface area contributed by atoms with Gasteiger partial charge in [0, 0.05) is 24.4 Å². The van der Waals surface area contributed by atoms with E-state index in [1.165, 1.54) is 37.4 Å². The molecule has 1 saturated heterocycles. The zero-order chi connectivity index (χ0) is 20.1. The van der Waals surface area contributed by atoms with Crippen LogP contribution in [0.25, 0.3) is 0 Å². The largest absolute Gasteiger partial charge is 0.380 e. The Labute approximate surface area is 163 Å². The minimum atomic E-state index is -3.66. The van der Waals surface area contributed by atoms with Gasteiger partial charge in [0.25, 0.3) is 5.91 Å². The molecule has 1 atom stereocenters. The first-order chi connectivity index (χ1) is 13.4. The summed E-state index contributed by atoms with van der Waals surface area (Å²) in [6, 6.07) is 9.93. The fourth-order valence-corrected chi connectivity index (χ4v) is 3.67. The molecule has 28 heavy (non-hydrogen) atoms. The number of rotatable bonds is 7. The third kappa shape index (κ3) is 4.86. The maximum absolute atomic E-state index is 14.3. The molecule has 2 aromatic carbocycles. The van der Waals surface area contributed by atoms with E-state index >= 15 is 0 Å². The average molecular weight is 407 g/mol. The van der Waals surface area contributed by atoms with E-state index in [2.05, 4.69) is 15.4 Å². The number of anilines is 2. The Morgan fingerprint density at radius 3 is 2.75 bits per heavy atom. The second-order valence-electron chi connectivity index (χ2n) is 6.40. The molecule has 0 radical (unpaired) electrons. The van der Waals surface area contributed by atoms with Crippen molar-refractivity contribution in [2.75, 3.05) is 30.8 Å². The zero-order valence-corrected chi connectivity index (χ0v) is 16.2. The number of hydrogen-bond donors (Lipinski definition) is 3. The molecule has 0 bridgehead atoms. The van der Waals surface area contributed by atoms with Crippen LogP contribution in [0.1, 0.15) is 23.2 Å². The first kappa shape index (κ1) is 20.2. The van der Waals surface area contributed by atoms with Crippen molar-refractivity contribution in [1.29, 1.82) is 0 Å². The molecular weight excluding hydrogens is 385 g/mol. The zero-order valence-electron chi connectivity index (χ0n) is 15.4. The number of amides is 1. The Morgan fingerprint density at radius 1 is 1.25 bits per heavy atom. The SMILES string of the molecule is CNS(=O)(=O)c1cccc(C(=O)Nc2ccc(NCC3CCCO3)c(F)c2)c1. The van der Waals surface area contributed by atoms with Crippen LogP contribution in [0.5, 0.6) is 0 Å². The van der Waals surface area contributed by atoms with Gasteiger partial charge in [0.15, 0.2) is 0 Å². The number of carbonyl (C=O) groups excluding carboxylic acids is 1. The first-order valence-electron chi connectivity index (χ1n) is 8.89. The van der Waals surface area contributed by atoms with Crippen molar-refractivity contribution in [1.82, 2.24) is 4.72 Å². The van der Waals surface area contributed by atoms with E-state index in [1.807, 2.05) is 0 Å². The molecule has 0 aromatic heterocycles. The molecule has 3 N–H and O–H groups in total. The first-order valence-corrected chi connectivity index (χ1v) is 10.4. The Balaban J connectivity index is 1.67. The van der Waals surface area contributed by atoms with Crippen LogP contribution in [0.3, 0.4) is 0 Å². The topological polar surface area (TPSA) is 96.5 Å². The molecular formula is C19H22FN3O4S. The molecule has 0 aliphatic carbocycles. The van der Waals surface area contributed by atoms with Gasteiger partial charge in [-0.15, -0.1) is 0 Å². The number of nitrogens with one attached hydrogen (secondary N) is 3. The second-order valence-corrected chi connectivity index (χ2v) is 8.29. The molecule has 0 saturated carbocycles. The van der Waals surface area contributed by atoms with E-state index in [1.54, 1.807) is 12.1 Å². The van der Waals surface area contributed by atoms with E-state index < -0.39 is 21.7 Å². The summed E-state index contributed by atoms with van der Waals surface area (Å²) < 4.78 is 45.7. The lowest BCUT2D eigenvalue weighted by Crippen LogP contribution is -2.20. The summed E-state index contributed by atoms with van der Waals surface area (Å²) in [6.07, 6.45) is 2.04. The van der Waals surface area contributed by atoms with Gasteiger partial charge < -0.3 is 15.4 Å². The Kier molecular flexibility index (Phi) is 6.28. The van der Waals surface area contributed by atoms with E-state index in [0.717, 1.165) is 19.4 Å². The lowest BCUT2D eigenvalue weighted by atomic mass is 10.2. The van der Waals surface area contributed by atoms with Crippen molar-refractivity contribution in [3.05, 3.63) is 53.8 Å². The van der Waals surface area contributed by atoms with Crippen molar-refractivity contribution < 1.29 is 22.3 Å². The lowest BCUT2D eigenvalue weighted by Gasteiger charge is -2.13. The highest BCUT2D eigenvalue weighted by atomic mass is 32.2. The van der Waals surface area contributed by atoms with Crippen LogP contribution in [0.15, 0.2) is 47.4 Å². The molecule has 2 aromatic rings. The van der Waals surface area contributed by atoms with Gasteiger partial charge in [0.2, 0.25) is 10.0 Å². The van der Waals surface area contributed by atoms with Crippen LogP contribution in [-0.2, 0) is 14.8 Å². The summed E-state index contributed by atoms with van der Waals surface area (Å²) in [5, 5.41) is 5.58. The van der Waals surface area contributed by atoms with Crippen LogP contribution in [0, 0.1) is 5.82 Å². The van der Waals surface area contributed by atoms with Crippen molar-refractivity contribution in [2.24, 2.45) is 0 Å². The van der Waals surface area contributed by atoms with Gasteiger partial charge in [-0.05, 0) is 56.3 Å². The number of halogens is 1. The predicted molar refractivity (Wildman–Crippen MR) is 105 cm³/mol. The van der Waals surface area contributed by atoms with Gasteiger partial charge in [-0.2, -0.15) is 0 Å². The Hall–Kier alpha value is -2.49. The Bertz CT molecular complexity index is 959. The highest BCUT2D eigenvalue weighted by molar-refractivity contribution is 7.89. The number of benzene rings is 2. The van der Waals surface area contributed by atoms with Gasteiger partial charge in [-0.3, -0.25) is 4.79 Å². The third-order valence-corrected chi connectivity index (χ3v) is 5.86. The summed E-state index contributed by atoms with van der Waals surface area (Å²) in [4.78, 5) is 12.4. The monoisotopic (exact) mass is 407 g/mol. The molecule has 1 unspecified atom stereocenters. The van der Waals surface area contributed by atoms with E-state index in [4.69, 9.17) is 4.74 Å². The third-order valence-electron chi connectivity index (χ3n) is 4.45. The summed E-state index contributed by atoms with van der Waals surface area (Å²) in [7, 11) is -2.37. The normalized spacial score (nSPS) is 16.7. The second kappa shape index (κ2) is 8.68. The number of hydrogen-bond acceptors (Lipinski definition) is 5. The molecule has 150 valence electrons. The van der Waals surface area contributed by atoms with Crippen LogP contribution in [-0.4, -0.2) is 40.6 Å². The smallest absolute Gasteiger partial charge is 0.255 e. The van der Waals surface area contributed by atoms with Gasteiger partial charge in [0.05, 0.1) is 16.7 Å². The van der Waals surface area contributed by atoms with Crippen LogP contribution < -0.4 is 15.4 Å². The average Bonchev–Trinajstić information content (AvgIpc) is 3.21. The fraction of sp³-hybridized carbons (Fsp3) is 0.316. The molecule has 0 spiro atoms. The van der Waals surface area contributed by atoms with Gasteiger partial charge in [-0.1, -0.05) is 6.07 Å². The highest BCUT2D eigenvalue weighted by Gasteiger charge is 2.17. The molecule has 1 aliphatic rings. The maximum Gasteiger partial charge on any atom is 0.255 e. The maximum atomic E-state index is 14.3. The van der Waals surface area contributed by atoms with E-state index in [9.17, 15) is 17.6 Å². The molecule has 7 nitrogen and oxygen atoms in total. The van der Waals surface area contributed by atoms with Crippen LogP contribution in [0.4, 0.5) is 15.8 Å². The number of ether oxygens (including phenoxy) is 1. The van der Waals surface area contributed by atoms with Crippen molar-refractivity contribution in [2.45, 2.75) is 23.8 Å². The van der Waals surface area contributed by atoms with E-state index in [-0.39, 0.29) is 22.3 Å². The van der Waals surface area contributed by atoms with Gasteiger partial charge >= 0.3 is 0 Å². The summed E-state index contributed by atoms with van der Waals surface area (Å²) in [5.74, 6) is -1.03. The molecule has 3 rings (SSSR count). The number of carbonyl (C=O) groups is 1. The summed E-state index contributed by atoms with van der Waals surface area (Å²) in [5.41, 5.74) is 0.750. The van der Waals surface area contributed by atoms with Crippen molar-refractivity contribution in [3.63, 3.8) is 0 Å². The van der Waals surface area contributed by atoms with Crippen LogP contribution in [0.2, 0.25) is 0 Å². The van der Waals surface area contributed by atoms with Crippen molar-refractivity contribution >= 4 is 27.3 Å². The lowest BCUT2D eigenvalue weighted by molar-refractivity contribution is 0.102. The molecule has 1 amide bonds. The summed E-state index contributed by atoms with van der Waals surface area (Å²) in [6.45, 7) is 1.26. The fourth-order valence-electron chi connectivity index (χ4n) is 2.89. The molecule has 1 heterocycles. The minimum absolute atomic E-state index is 0.0255. The standard InChI is InChI=1S/C19H22FN3O4S/c1-21-28(25,26)16-6-2-4-13(10-16)19(24)23-14-7-8-18(17(20)11-14)22-12-15-5-3-9-27-15/h2,4,6-8,10-11,15,21-22H,3,5,9,12H2,1H3,(H,23,24). The Morgan fingerprint density at radius 2 is 2.07 bits per heavy atom. The minimum Gasteiger partial charge on any atom is -0.380 e. The van der Waals surface area contributed by atoms with Gasteiger partial charge in [-0.25, -0.2) is 17.5 Å². The molecule has 1 fully saturated rings. The highest BCUT2D eigenvalue weighted by Crippen LogP contribution is 2.21. The quantitative estimate of drug-likeness (QED) is 0.656. The summed E-state index contributed by atoms with van der Waals surface area (Å²) >= 11 is 0. The molecule has 1 aliphatic heterocycles. The number of sulfonamides is 1. The van der Waals surface area contributed by atoms with Crippen molar-refractivity contribution in [3.8, 4) is 0 Å². The van der Waals surface area contributed by atoms with Gasteiger partial charge in [0.1, 0.15) is 5.82 Å². The van der Waals surface area contributed by atoms with E-state index in [0.29, 0.717) is 12.2 Å². The molecule has 9 heteroatoms.